The molecule has 0 bridgehead atoms. The Morgan fingerprint density at radius 1 is 1.54 bits per heavy atom. The molecule has 0 aliphatic carbocycles. The first-order chi connectivity index (χ1) is 6.26. The molecule has 0 amide bonds. The lowest BCUT2D eigenvalue weighted by molar-refractivity contribution is 0.281. The summed E-state index contributed by atoms with van der Waals surface area (Å²) in [5, 5.41) is 11.8. The Hall–Kier alpha value is -1.33. The van der Waals surface area contributed by atoms with Crippen molar-refractivity contribution in [1.29, 1.82) is 0 Å². The maximum atomic E-state index is 8.79. The molecule has 1 heterocycles. The molecule has 0 aliphatic rings. The van der Waals surface area contributed by atoms with E-state index in [0.717, 1.165) is 0 Å². The van der Waals surface area contributed by atoms with Crippen LogP contribution >= 0.6 is 0 Å². The number of nitrogens with two attached hydrogens (primary N) is 1. The van der Waals surface area contributed by atoms with Crippen molar-refractivity contribution in [3.63, 3.8) is 0 Å². The van der Waals surface area contributed by atoms with Crippen LogP contribution in [0.4, 0.5) is 11.6 Å². The topological polar surface area (TPSA) is 83.2 Å². The first-order valence-electron chi connectivity index (χ1n) is 4.07. The van der Waals surface area contributed by atoms with Crippen LogP contribution in [0.3, 0.4) is 0 Å². The van der Waals surface area contributed by atoms with E-state index in [1.165, 1.54) is 0 Å². The van der Waals surface area contributed by atoms with Crippen LogP contribution in [-0.2, 0) is 0 Å². The van der Waals surface area contributed by atoms with E-state index in [4.69, 9.17) is 10.9 Å². The van der Waals surface area contributed by atoms with E-state index in [-0.39, 0.29) is 12.6 Å². The van der Waals surface area contributed by atoms with Crippen LogP contribution < -0.4 is 16.6 Å². The van der Waals surface area contributed by atoms with Crippen molar-refractivity contribution in [2.75, 3.05) is 17.3 Å². The van der Waals surface area contributed by atoms with Crippen molar-refractivity contribution in [3.05, 3.63) is 18.2 Å². The Balaban J connectivity index is 2.66. The van der Waals surface area contributed by atoms with Crippen molar-refractivity contribution in [1.82, 2.24) is 4.98 Å². The van der Waals surface area contributed by atoms with Crippen molar-refractivity contribution in [2.24, 2.45) is 5.84 Å². The van der Waals surface area contributed by atoms with Crippen LogP contribution in [0, 0.1) is 0 Å². The summed E-state index contributed by atoms with van der Waals surface area (Å²) < 4.78 is 0. The lowest BCUT2D eigenvalue weighted by Crippen LogP contribution is -2.20. The number of aromatic nitrogens is 1. The third kappa shape index (κ3) is 2.89. The van der Waals surface area contributed by atoms with Gasteiger partial charge in [0.05, 0.1) is 6.61 Å². The van der Waals surface area contributed by atoms with E-state index in [2.05, 4.69) is 15.7 Å². The summed E-state index contributed by atoms with van der Waals surface area (Å²) in [7, 11) is 0. The molecule has 1 aromatic heterocycles. The molecule has 5 nitrogen and oxygen atoms in total. The predicted octanol–water partition coefficient (Wildman–Crippen LogP) is 0.160. The summed E-state index contributed by atoms with van der Waals surface area (Å²) in [5.41, 5.74) is 2.44. The highest BCUT2D eigenvalue weighted by atomic mass is 16.3. The Morgan fingerprint density at radius 3 is 2.85 bits per heavy atom. The minimum Gasteiger partial charge on any atom is -0.394 e. The van der Waals surface area contributed by atoms with Gasteiger partial charge in [-0.15, -0.1) is 0 Å². The molecule has 0 aliphatic heterocycles. The van der Waals surface area contributed by atoms with Crippen LogP contribution in [0.1, 0.15) is 6.92 Å². The average Bonchev–Trinajstić information content (AvgIpc) is 2.18. The van der Waals surface area contributed by atoms with E-state index in [1.807, 2.05) is 19.1 Å². The van der Waals surface area contributed by atoms with Crippen LogP contribution in [0.25, 0.3) is 0 Å². The number of hydrazine groups is 1. The number of rotatable bonds is 4. The average molecular weight is 182 g/mol. The van der Waals surface area contributed by atoms with E-state index in [0.29, 0.717) is 11.6 Å². The minimum absolute atomic E-state index is 0.0134. The highest BCUT2D eigenvalue weighted by Crippen LogP contribution is 2.08. The fourth-order valence-electron chi connectivity index (χ4n) is 0.894. The van der Waals surface area contributed by atoms with E-state index < -0.39 is 0 Å². The maximum Gasteiger partial charge on any atom is 0.142 e. The van der Waals surface area contributed by atoms with Crippen LogP contribution in [0.2, 0.25) is 0 Å². The largest absolute Gasteiger partial charge is 0.394 e. The fraction of sp³-hybridized carbons (Fsp3) is 0.375. The number of pyridine rings is 1. The number of aliphatic hydroxyl groups is 1. The standard InChI is InChI=1S/C8H14N4O/c1-6(5-13)10-7-3-2-4-8(11-7)12-9/h2-4,6,13H,5,9H2,1H3,(H2,10,11,12). The summed E-state index contributed by atoms with van der Waals surface area (Å²) in [5.74, 6) is 6.48. The quantitative estimate of drug-likeness (QED) is 0.394. The Kier molecular flexibility index (Phi) is 3.48. The zero-order chi connectivity index (χ0) is 9.68. The maximum absolute atomic E-state index is 8.79. The Labute approximate surface area is 76.9 Å². The lowest BCUT2D eigenvalue weighted by Gasteiger charge is -2.11. The van der Waals surface area contributed by atoms with Crippen molar-refractivity contribution >= 4 is 11.6 Å². The molecule has 1 aromatic rings. The molecule has 0 spiro atoms. The number of hydrogen-bond acceptors (Lipinski definition) is 5. The summed E-state index contributed by atoms with van der Waals surface area (Å²) in [6.45, 7) is 1.94. The van der Waals surface area contributed by atoms with E-state index in [9.17, 15) is 0 Å². The molecule has 0 radical (unpaired) electrons. The summed E-state index contributed by atoms with van der Waals surface area (Å²) >= 11 is 0. The van der Waals surface area contributed by atoms with E-state index >= 15 is 0 Å². The van der Waals surface area contributed by atoms with Gasteiger partial charge in [0.2, 0.25) is 0 Å². The molecule has 72 valence electrons. The van der Waals surface area contributed by atoms with Gasteiger partial charge >= 0.3 is 0 Å². The van der Waals surface area contributed by atoms with Gasteiger partial charge in [0.15, 0.2) is 0 Å². The highest BCUT2D eigenvalue weighted by molar-refractivity contribution is 5.44. The molecule has 0 saturated carbocycles. The number of aliphatic hydroxyl groups excluding tert-OH is 1. The smallest absolute Gasteiger partial charge is 0.142 e. The second-order valence-corrected chi connectivity index (χ2v) is 2.78. The molecular formula is C8H14N4O. The van der Waals surface area contributed by atoms with Gasteiger partial charge in [0, 0.05) is 6.04 Å². The van der Waals surface area contributed by atoms with Crippen molar-refractivity contribution < 1.29 is 5.11 Å². The second kappa shape index (κ2) is 4.64. The number of hydrogen-bond donors (Lipinski definition) is 4. The number of nitrogens with one attached hydrogen (secondary N) is 2. The highest BCUT2D eigenvalue weighted by Gasteiger charge is 2.00. The molecule has 1 rings (SSSR count). The van der Waals surface area contributed by atoms with Gasteiger partial charge in [-0.1, -0.05) is 6.07 Å². The molecule has 5 N–H and O–H groups in total. The third-order valence-corrected chi connectivity index (χ3v) is 1.57. The number of anilines is 2. The minimum atomic E-state index is -0.0134. The van der Waals surface area contributed by atoms with Gasteiger partial charge in [0.25, 0.3) is 0 Å². The second-order valence-electron chi connectivity index (χ2n) is 2.78. The summed E-state index contributed by atoms with van der Waals surface area (Å²) in [6.07, 6.45) is 0. The Morgan fingerprint density at radius 2 is 2.23 bits per heavy atom. The Bertz CT molecular complexity index is 266. The zero-order valence-corrected chi connectivity index (χ0v) is 7.49. The van der Waals surface area contributed by atoms with Gasteiger partial charge in [-0.3, -0.25) is 0 Å². The molecule has 1 unspecified atom stereocenters. The third-order valence-electron chi connectivity index (χ3n) is 1.57. The monoisotopic (exact) mass is 182 g/mol. The number of nitrogen functional groups attached to an aromatic ring is 1. The van der Waals surface area contributed by atoms with Crippen LogP contribution in [0.15, 0.2) is 18.2 Å². The predicted molar refractivity (Wildman–Crippen MR) is 52.2 cm³/mol. The van der Waals surface area contributed by atoms with E-state index in [1.54, 1.807) is 6.07 Å². The number of nitrogens with zero attached hydrogens (tertiary/aromatic N) is 1. The fourth-order valence-corrected chi connectivity index (χ4v) is 0.894. The first kappa shape index (κ1) is 9.76. The molecular weight excluding hydrogens is 168 g/mol. The lowest BCUT2D eigenvalue weighted by atomic mass is 10.3. The molecule has 1 atom stereocenters. The molecule has 5 heteroatoms. The molecule has 0 aromatic carbocycles. The summed E-state index contributed by atoms with van der Waals surface area (Å²) in [4.78, 5) is 4.12. The van der Waals surface area contributed by atoms with Crippen LogP contribution in [-0.4, -0.2) is 22.7 Å². The molecule has 0 saturated heterocycles. The summed E-state index contributed by atoms with van der Waals surface area (Å²) in [6, 6.07) is 5.39. The van der Waals surface area contributed by atoms with Gasteiger partial charge in [-0.05, 0) is 19.1 Å². The zero-order valence-electron chi connectivity index (χ0n) is 7.49. The van der Waals surface area contributed by atoms with Crippen molar-refractivity contribution in [3.8, 4) is 0 Å². The molecule has 13 heavy (non-hydrogen) atoms. The van der Waals surface area contributed by atoms with Gasteiger partial charge in [0.1, 0.15) is 11.6 Å². The van der Waals surface area contributed by atoms with Gasteiger partial charge in [-0.2, -0.15) is 0 Å². The van der Waals surface area contributed by atoms with Crippen LogP contribution in [0.5, 0.6) is 0 Å². The SMILES string of the molecule is CC(CO)Nc1cccc(NN)n1. The van der Waals surface area contributed by atoms with Crippen molar-refractivity contribution in [2.45, 2.75) is 13.0 Å². The first-order valence-corrected chi connectivity index (χ1v) is 4.07. The molecule has 0 fully saturated rings. The normalized spacial score (nSPS) is 12.2. The van der Waals surface area contributed by atoms with Gasteiger partial charge < -0.3 is 15.8 Å². The van der Waals surface area contributed by atoms with Gasteiger partial charge in [-0.25, -0.2) is 10.8 Å².